The van der Waals surface area contributed by atoms with Gasteiger partial charge in [-0.2, -0.15) is 0 Å². The predicted octanol–water partition coefficient (Wildman–Crippen LogP) is 3.83. The van der Waals surface area contributed by atoms with Crippen LogP contribution in [-0.4, -0.2) is 18.3 Å². The van der Waals surface area contributed by atoms with Crippen LogP contribution in [-0.2, 0) is 6.61 Å². The van der Waals surface area contributed by atoms with Gasteiger partial charge in [0.1, 0.15) is 6.61 Å². The lowest BCUT2D eigenvalue weighted by Crippen LogP contribution is -2.31. The molecule has 0 aliphatic heterocycles. The molecule has 0 aromatic heterocycles. The van der Waals surface area contributed by atoms with E-state index in [1.807, 2.05) is 48.5 Å². The molecule has 1 fully saturated rings. The lowest BCUT2D eigenvalue weighted by molar-refractivity contribution is 0.0843. The third-order valence-corrected chi connectivity index (χ3v) is 5.06. The van der Waals surface area contributed by atoms with Crippen LogP contribution in [0.4, 0.5) is 0 Å². The zero-order valence-electron chi connectivity index (χ0n) is 14.7. The van der Waals surface area contributed by atoms with Crippen LogP contribution in [0.25, 0.3) is 0 Å². The van der Waals surface area contributed by atoms with Gasteiger partial charge in [-0.15, -0.1) is 0 Å². The molecule has 0 radical (unpaired) electrons. The van der Waals surface area contributed by atoms with Crippen molar-refractivity contribution in [1.82, 2.24) is 0 Å². The molecule has 0 heterocycles. The van der Waals surface area contributed by atoms with Crippen LogP contribution in [0.3, 0.4) is 0 Å². The van der Waals surface area contributed by atoms with Crippen LogP contribution >= 0.6 is 0 Å². The van der Waals surface area contributed by atoms with Crippen molar-refractivity contribution >= 4 is 0 Å². The van der Waals surface area contributed by atoms with E-state index in [2.05, 4.69) is 0 Å². The van der Waals surface area contributed by atoms with Gasteiger partial charge < -0.3 is 20.3 Å². The van der Waals surface area contributed by atoms with Gasteiger partial charge in [-0.1, -0.05) is 49.2 Å². The SMILES string of the molecule is COc1ccc([C@@H](N)[C@@H](O)C2CCCC2)cc1OCc1ccccc1. The van der Waals surface area contributed by atoms with Crippen molar-refractivity contribution < 1.29 is 14.6 Å². The molecule has 0 saturated heterocycles. The van der Waals surface area contributed by atoms with Crippen LogP contribution in [0.15, 0.2) is 48.5 Å². The number of hydrogen-bond donors (Lipinski definition) is 2. The fraction of sp³-hybridized carbons (Fsp3) is 0.429. The molecular formula is C21H27NO3. The zero-order valence-corrected chi connectivity index (χ0v) is 14.7. The summed E-state index contributed by atoms with van der Waals surface area (Å²) in [7, 11) is 1.62. The number of hydrogen-bond acceptors (Lipinski definition) is 4. The summed E-state index contributed by atoms with van der Waals surface area (Å²) in [6, 6.07) is 15.2. The molecule has 0 unspecified atom stereocenters. The van der Waals surface area contributed by atoms with E-state index in [4.69, 9.17) is 15.2 Å². The summed E-state index contributed by atoms with van der Waals surface area (Å²) in [6.45, 7) is 0.459. The number of rotatable bonds is 7. The molecule has 1 aliphatic rings. The average molecular weight is 341 g/mol. The Labute approximate surface area is 149 Å². The fourth-order valence-corrected chi connectivity index (χ4v) is 3.54. The molecule has 2 atom stereocenters. The maximum absolute atomic E-state index is 10.6. The topological polar surface area (TPSA) is 64.7 Å². The number of aliphatic hydroxyl groups is 1. The van der Waals surface area contributed by atoms with Gasteiger partial charge >= 0.3 is 0 Å². The summed E-state index contributed by atoms with van der Waals surface area (Å²) < 4.78 is 11.3. The Kier molecular flexibility index (Phi) is 5.95. The molecule has 1 saturated carbocycles. The first-order chi connectivity index (χ1) is 12.2. The first-order valence-electron chi connectivity index (χ1n) is 8.97. The average Bonchev–Trinajstić information content (AvgIpc) is 3.20. The second kappa shape index (κ2) is 8.37. The highest BCUT2D eigenvalue weighted by Gasteiger charge is 2.29. The van der Waals surface area contributed by atoms with Gasteiger partial charge in [-0.25, -0.2) is 0 Å². The van der Waals surface area contributed by atoms with Crippen molar-refractivity contribution in [2.24, 2.45) is 11.7 Å². The van der Waals surface area contributed by atoms with E-state index in [1.165, 1.54) is 12.8 Å². The minimum absolute atomic E-state index is 0.297. The minimum Gasteiger partial charge on any atom is -0.493 e. The standard InChI is InChI=1S/C21H27NO3/c1-24-18-12-11-17(20(22)21(23)16-9-5-6-10-16)13-19(18)25-14-15-7-3-2-4-8-15/h2-4,7-8,11-13,16,20-21,23H,5-6,9-10,14,22H2,1H3/t20-,21+/m1/s1. The highest BCUT2D eigenvalue weighted by molar-refractivity contribution is 5.44. The van der Waals surface area contributed by atoms with Gasteiger partial charge in [0.05, 0.1) is 19.3 Å². The highest BCUT2D eigenvalue weighted by Crippen LogP contribution is 2.35. The third kappa shape index (κ3) is 4.33. The monoisotopic (exact) mass is 341 g/mol. The second-order valence-electron chi connectivity index (χ2n) is 6.75. The van der Waals surface area contributed by atoms with Crippen molar-refractivity contribution in [3.05, 3.63) is 59.7 Å². The number of ether oxygens (including phenoxy) is 2. The zero-order chi connectivity index (χ0) is 17.6. The van der Waals surface area contributed by atoms with Crippen LogP contribution in [0.5, 0.6) is 11.5 Å². The Balaban J connectivity index is 1.74. The molecule has 0 spiro atoms. The van der Waals surface area contributed by atoms with Crippen LogP contribution in [0.1, 0.15) is 42.9 Å². The Morgan fingerprint density at radius 2 is 1.80 bits per heavy atom. The minimum atomic E-state index is -0.516. The van der Waals surface area contributed by atoms with E-state index < -0.39 is 12.1 Å². The Morgan fingerprint density at radius 3 is 2.48 bits per heavy atom. The fourth-order valence-electron chi connectivity index (χ4n) is 3.54. The van der Waals surface area contributed by atoms with Gasteiger partial charge in [-0.3, -0.25) is 0 Å². The summed E-state index contributed by atoms with van der Waals surface area (Å²) in [5, 5.41) is 10.6. The maximum atomic E-state index is 10.6. The maximum Gasteiger partial charge on any atom is 0.161 e. The Bertz CT molecular complexity index is 668. The molecule has 134 valence electrons. The van der Waals surface area contributed by atoms with Gasteiger partial charge in [0.2, 0.25) is 0 Å². The van der Waals surface area contributed by atoms with E-state index >= 15 is 0 Å². The van der Waals surface area contributed by atoms with E-state index in [9.17, 15) is 5.11 Å². The molecule has 2 aromatic rings. The highest BCUT2D eigenvalue weighted by atomic mass is 16.5. The van der Waals surface area contributed by atoms with Crippen molar-refractivity contribution in [2.45, 2.75) is 44.4 Å². The van der Waals surface area contributed by atoms with E-state index in [1.54, 1.807) is 7.11 Å². The van der Waals surface area contributed by atoms with Gasteiger partial charge in [0.25, 0.3) is 0 Å². The second-order valence-corrected chi connectivity index (χ2v) is 6.75. The molecular weight excluding hydrogens is 314 g/mol. The lowest BCUT2D eigenvalue weighted by atomic mass is 9.91. The number of methoxy groups -OCH3 is 1. The first kappa shape index (κ1) is 17.8. The largest absolute Gasteiger partial charge is 0.493 e. The third-order valence-electron chi connectivity index (χ3n) is 5.06. The molecule has 2 aromatic carbocycles. The summed E-state index contributed by atoms with van der Waals surface area (Å²) in [4.78, 5) is 0. The molecule has 4 heteroatoms. The number of nitrogens with two attached hydrogens (primary N) is 1. The van der Waals surface area contributed by atoms with Crippen LogP contribution < -0.4 is 15.2 Å². The molecule has 3 rings (SSSR count). The molecule has 3 N–H and O–H groups in total. The molecule has 0 amide bonds. The Morgan fingerprint density at radius 1 is 1.08 bits per heavy atom. The summed E-state index contributed by atoms with van der Waals surface area (Å²) in [6.07, 6.45) is 3.97. The first-order valence-corrected chi connectivity index (χ1v) is 8.97. The van der Waals surface area contributed by atoms with Crippen molar-refractivity contribution in [3.8, 4) is 11.5 Å². The van der Waals surface area contributed by atoms with Gasteiger partial charge in [0.15, 0.2) is 11.5 Å². The smallest absolute Gasteiger partial charge is 0.161 e. The van der Waals surface area contributed by atoms with Gasteiger partial charge in [-0.05, 0) is 42.0 Å². The number of benzene rings is 2. The lowest BCUT2D eigenvalue weighted by Gasteiger charge is -2.25. The molecule has 4 nitrogen and oxygen atoms in total. The van der Waals surface area contributed by atoms with E-state index in [-0.39, 0.29) is 0 Å². The van der Waals surface area contributed by atoms with Crippen molar-refractivity contribution in [1.29, 1.82) is 0 Å². The molecule has 25 heavy (non-hydrogen) atoms. The summed E-state index contributed by atoms with van der Waals surface area (Å²) >= 11 is 0. The molecule has 0 bridgehead atoms. The quantitative estimate of drug-likeness (QED) is 0.803. The summed E-state index contributed by atoms with van der Waals surface area (Å²) in [5.41, 5.74) is 8.31. The van der Waals surface area contributed by atoms with Crippen molar-refractivity contribution in [2.75, 3.05) is 7.11 Å². The van der Waals surface area contributed by atoms with Crippen LogP contribution in [0, 0.1) is 5.92 Å². The number of aliphatic hydroxyl groups excluding tert-OH is 1. The Hall–Kier alpha value is -2.04. The summed E-state index contributed by atoms with van der Waals surface area (Å²) in [5.74, 6) is 1.62. The predicted molar refractivity (Wildman–Crippen MR) is 98.7 cm³/mol. The van der Waals surface area contributed by atoms with Gasteiger partial charge in [0, 0.05) is 0 Å². The normalized spacial score (nSPS) is 17.2. The van der Waals surface area contributed by atoms with Crippen molar-refractivity contribution in [3.63, 3.8) is 0 Å². The van der Waals surface area contributed by atoms with E-state index in [0.717, 1.165) is 24.0 Å². The van der Waals surface area contributed by atoms with E-state index in [0.29, 0.717) is 24.0 Å². The molecule has 1 aliphatic carbocycles. The van der Waals surface area contributed by atoms with Crippen LogP contribution in [0.2, 0.25) is 0 Å².